The fraction of sp³-hybridized carbons (Fsp3) is 0.571. The van der Waals surface area contributed by atoms with Crippen molar-refractivity contribution in [3.63, 3.8) is 0 Å². The predicted molar refractivity (Wildman–Crippen MR) is 221 cm³/mol. The summed E-state index contributed by atoms with van der Waals surface area (Å²) in [5, 5.41) is 7.60. The summed E-state index contributed by atoms with van der Waals surface area (Å²) >= 11 is 5.37. The third kappa shape index (κ3) is 6.33. The number of hydrogen-bond acceptors (Lipinski definition) is 9. The molecule has 51 heavy (non-hydrogen) atoms. The van der Waals surface area contributed by atoms with Crippen LogP contribution in [0.15, 0.2) is 0 Å². The number of unbranched alkanes of at least 4 members (excludes halogenated alkanes) is 6. The molecule has 0 radical (unpaired) electrons. The van der Waals surface area contributed by atoms with Crippen molar-refractivity contribution in [3.8, 4) is 34.5 Å². The van der Waals surface area contributed by atoms with E-state index in [0.29, 0.717) is 39.6 Å². The first kappa shape index (κ1) is 36.5. The molecule has 7 rings (SSSR count). The summed E-state index contributed by atoms with van der Waals surface area (Å²) in [6.07, 6.45) is 12.3. The Morgan fingerprint density at radius 1 is 0.275 bits per heavy atom. The van der Waals surface area contributed by atoms with Gasteiger partial charge < -0.3 is 28.4 Å². The van der Waals surface area contributed by atoms with Gasteiger partial charge in [0.15, 0.2) is 34.5 Å². The van der Waals surface area contributed by atoms with Gasteiger partial charge in [0.05, 0.1) is 67.8 Å². The first-order chi connectivity index (χ1) is 25.1. The van der Waals surface area contributed by atoms with Crippen molar-refractivity contribution in [1.82, 2.24) is 0 Å². The summed E-state index contributed by atoms with van der Waals surface area (Å²) in [7, 11) is 0. The topological polar surface area (TPSA) is 55.4 Å². The number of benzene rings is 4. The van der Waals surface area contributed by atoms with Crippen molar-refractivity contribution in [2.45, 2.75) is 119 Å². The highest BCUT2D eigenvalue weighted by molar-refractivity contribution is 7.31. The smallest absolute Gasteiger partial charge is 0.180 e. The van der Waals surface area contributed by atoms with E-state index < -0.39 is 0 Å². The fourth-order valence-corrected chi connectivity index (χ4v) is 10.9. The molecule has 0 amide bonds. The standard InChI is InChI=1S/C42H54O6S3/c1-7-13-19-43-31-32(44-20-14-8-2)38-26-25-27-29-30-28(26)40(50-38)35(47-23-17-11-5)36(48-24-18-12-6)42(30)51-41(29)34(46-22-16-10-4)33(45-21-15-9-3)39(27)49-37(25)31/h7-24H2,1-6H3. The zero-order valence-corrected chi connectivity index (χ0v) is 33.9. The fourth-order valence-electron chi connectivity index (χ4n) is 7.00. The van der Waals surface area contributed by atoms with Crippen LogP contribution in [0.4, 0.5) is 0 Å². The second kappa shape index (κ2) is 16.4. The minimum Gasteiger partial charge on any atom is -0.488 e. The molecular weight excluding hydrogens is 697 g/mol. The van der Waals surface area contributed by atoms with Crippen LogP contribution in [-0.2, 0) is 0 Å². The van der Waals surface area contributed by atoms with Gasteiger partial charge in [0.25, 0.3) is 0 Å². The van der Waals surface area contributed by atoms with E-state index in [1.165, 1.54) is 32.3 Å². The molecule has 7 aromatic rings. The highest BCUT2D eigenvalue weighted by atomic mass is 32.1. The summed E-state index contributed by atoms with van der Waals surface area (Å²) in [6, 6.07) is 0. The molecule has 0 saturated carbocycles. The van der Waals surface area contributed by atoms with Crippen molar-refractivity contribution in [3.05, 3.63) is 0 Å². The van der Waals surface area contributed by atoms with Crippen molar-refractivity contribution in [2.24, 2.45) is 0 Å². The maximum Gasteiger partial charge on any atom is 0.180 e. The Kier molecular flexibility index (Phi) is 11.7. The predicted octanol–water partition coefficient (Wildman–Crippen LogP) is 14.2. The van der Waals surface area contributed by atoms with Crippen LogP contribution in [0.25, 0.3) is 60.5 Å². The molecule has 9 heteroatoms. The van der Waals surface area contributed by atoms with E-state index in [2.05, 4.69) is 41.5 Å². The molecule has 4 aromatic carbocycles. The molecule has 0 unspecified atom stereocenters. The van der Waals surface area contributed by atoms with E-state index in [1.807, 2.05) is 0 Å². The molecule has 0 N–H and O–H groups in total. The minimum absolute atomic E-state index is 0.649. The molecular formula is C42H54O6S3. The molecule has 0 spiro atoms. The Morgan fingerprint density at radius 2 is 0.431 bits per heavy atom. The Morgan fingerprint density at radius 3 is 0.569 bits per heavy atom. The van der Waals surface area contributed by atoms with Crippen LogP contribution in [0.3, 0.4) is 0 Å². The van der Waals surface area contributed by atoms with Gasteiger partial charge in [0, 0.05) is 32.3 Å². The zero-order valence-electron chi connectivity index (χ0n) is 31.4. The van der Waals surface area contributed by atoms with Gasteiger partial charge in [-0.25, -0.2) is 0 Å². The lowest BCUT2D eigenvalue weighted by Crippen LogP contribution is -2.03. The summed E-state index contributed by atoms with van der Waals surface area (Å²) in [6.45, 7) is 17.2. The minimum atomic E-state index is 0.649. The summed E-state index contributed by atoms with van der Waals surface area (Å²) in [4.78, 5) is 0. The van der Waals surface area contributed by atoms with Crippen molar-refractivity contribution < 1.29 is 28.4 Å². The van der Waals surface area contributed by atoms with Crippen LogP contribution in [0.2, 0.25) is 0 Å². The molecule has 3 aromatic heterocycles. The summed E-state index contributed by atoms with van der Waals surface area (Å²) in [5.41, 5.74) is 0. The van der Waals surface area contributed by atoms with E-state index in [4.69, 9.17) is 28.4 Å². The number of rotatable bonds is 24. The van der Waals surface area contributed by atoms with Crippen LogP contribution >= 0.6 is 34.0 Å². The lowest BCUT2D eigenvalue weighted by atomic mass is 9.93. The van der Waals surface area contributed by atoms with E-state index in [9.17, 15) is 0 Å². The van der Waals surface area contributed by atoms with Crippen LogP contribution in [-0.4, -0.2) is 39.6 Å². The third-order valence-electron chi connectivity index (χ3n) is 9.80. The molecule has 276 valence electrons. The zero-order chi connectivity index (χ0) is 35.5. The Balaban J connectivity index is 1.65. The second-order valence-corrected chi connectivity index (χ2v) is 16.8. The van der Waals surface area contributed by atoms with Crippen molar-refractivity contribution >= 4 is 94.5 Å². The molecule has 0 fully saturated rings. The monoisotopic (exact) mass is 750 g/mol. The van der Waals surface area contributed by atoms with Crippen LogP contribution in [0.1, 0.15) is 119 Å². The van der Waals surface area contributed by atoms with Gasteiger partial charge in [0.2, 0.25) is 0 Å². The van der Waals surface area contributed by atoms with Gasteiger partial charge >= 0.3 is 0 Å². The van der Waals surface area contributed by atoms with Gasteiger partial charge in [-0.3, -0.25) is 0 Å². The van der Waals surface area contributed by atoms with E-state index in [-0.39, 0.29) is 0 Å². The van der Waals surface area contributed by atoms with Gasteiger partial charge in [0.1, 0.15) is 0 Å². The normalized spacial score (nSPS) is 12.4. The Hall–Kier alpha value is -2.88. The molecule has 0 atom stereocenters. The maximum atomic E-state index is 6.82. The molecule has 0 aliphatic rings. The molecule has 0 saturated heterocycles. The highest BCUT2D eigenvalue weighted by Gasteiger charge is 2.36. The molecule has 3 heterocycles. The van der Waals surface area contributed by atoms with Gasteiger partial charge in [-0.1, -0.05) is 80.1 Å². The summed E-state index contributed by atoms with van der Waals surface area (Å²) in [5.74, 6) is 5.24. The van der Waals surface area contributed by atoms with E-state index in [1.54, 1.807) is 34.0 Å². The van der Waals surface area contributed by atoms with Gasteiger partial charge in [-0.15, -0.1) is 34.0 Å². The largest absolute Gasteiger partial charge is 0.488 e. The first-order valence-electron chi connectivity index (χ1n) is 19.7. The summed E-state index contributed by atoms with van der Waals surface area (Å²) < 4.78 is 47.8. The lowest BCUT2D eigenvalue weighted by Gasteiger charge is -2.18. The van der Waals surface area contributed by atoms with Gasteiger partial charge in [-0.2, -0.15) is 0 Å². The van der Waals surface area contributed by atoms with Crippen LogP contribution in [0, 0.1) is 0 Å². The lowest BCUT2D eigenvalue weighted by molar-refractivity contribution is 0.268. The highest BCUT2D eigenvalue weighted by Crippen LogP contribution is 2.66. The van der Waals surface area contributed by atoms with Gasteiger partial charge in [-0.05, 0) is 38.5 Å². The number of thiophene rings is 3. The quantitative estimate of drug-likeness (QED) is 0.0453. The molecule has 0 bridgehead atoms. The Bertz CT molecular complexity index is 1740. The van der Waals surface area contributed by atoms with E-state index in [0.717, 1.165) is 140 Å². The number of hydrogen-bond donors (Lipinski definition) is 0. The average molecular weight is 751 g/mol. The molecule has 0 aliphatic carbocycles. The van der Waals surface area contributed by atoms with Crippen molar-refractivity contribution in [2.75, 3.05) is 39.6 Å². The SMILES string of the molecule is CCCCOc1c(OCCCC)c2sc3c(OCCCC)c(OCCCC)c4sc5c(OCCCC)c(OCCCC)c6sc1c1c2c3c4c5c61. The molecule has 6 nitrogen and oxygen atoms in total. The van der Waals surface area contributed by atoms with Crippen molar-refractivity contribution in [1.29, 1.82) is 0 Å². The number of ether oxygens (including phenoxy) is 6. The first-order valence-corrected chi connectivity index (χ1v) is 22.1. The average Bonchev–Trinajstić information content (AvgIpc) is 3.83. The van der Waals surface area contributed by atoms with Crippen LogP contribution in [0.5, 0.6) is 34.5 Å². The van der Waals surface area contributed by atoms with Crippen LogP contribution < -0.4 is 28.4 Å². The molecule has 0 aliphatic heterocycles. The Labute approximate surface area is 314 Å². The third-order valence-corrected chi connectivity index (χ3v) is 13.4. The van der Waals surface area contributed by atoms with E-state index >= 15 is 0 Å². The maximum absolute atomic E-state index is 6.82. The second-order valence-electron chi connectivity index (χ2n) is 13.7.